The van der Waals surface area contributed by atoms with Gasteiger partial charge in [-0.05, 0) is 18.2 Å². The van der Waals surface area contributed by atoms with Gasteiger partial charge in [-0.25, -0.2) is 0 Å². The van der Waals surface area contributed by atoms with Crippen LogP contribution in [0.1, 0.15) is 0 Å². The molecule has 0 radical (unpaired) electrons. The van der Waals surface area contributed by atoms with Crippen molar-refractivity contribution in [2.75, 3.05) is 20.2 Å². The fourth-order valence-corrected chi connectivity index (χ4v) is 1.61. The van der Waals surface area contributed by atoms with Crippen LogP contribution in [0.2, 0.25) is 0 Å². The zero-order valence-corrected chi connectivity index (χ0v) is 9.50. The average Bonchev–Trinajstić information content (AvgIpc) is 2.12. The van der Waals surface area contributed by atoms with Gasteiger partial charge < -0.3 is 14.8 Å². The summed E-state index contributed by atoms with van der Waals surface area (Å²) in [4.78, 5) is 0. The number of benzene rings is 1. The first-order chi connectivity index (χ1) is 6.79. The first-order valence-corrected chi connectivity index (χ1v) is 5.30. The Balaban J connectivity index is 2.15. The molecule has 1 saturated heterocycles. The smallest absolute Gasteiger partial charge is 0.162 e. The van der Waals surface area contributed by atoms with Crippen molar-refractivity contribution in [1.29, 1.82) is 0 Å². The molecule has 2 rings (SSSR count). The predicted octanol–water partition coefficient (Wildman–Crippen LogP) is 1.81. The zero-order valence-electron chi connectivity index (χ0n) is 7.92. The summed E-state index contributed by atoms with van der Waals surface area (Å²) in [5, 5.41) is 3.16. The minimum Gasteiger partial charge on any atom is -0.493 e. The number of hydrogen-bond donors (Lipinski definition) is 1. The molecule has 1 aromatic carbocycles. The van der Waals surface area contributed by atoms with Gasteiger partial charge in [0.15, 0.2) is 11.5 Å². The molecule has 1 heterocycles. The van der Waals surface area contributed by atoms with Crippen LogP contribution >= 0.6 is 15.9 Å². The Labute approximate surface area is 91.5 Å². The standard InChI is InChI=1S/C10H12BrNO2/c1-13-9-3-2-7(11)4-10(9)14-8-5-12-6-8/h2-4,8,12H,5-6H2,1H3. The zero-order chi connectivity index (χ0) is 9.97. The number of rotatable bonds is 3. The maximum atomic E-state index is 5.74. The number of hydrogen-bond acceptors (Lipinski definition) is 3. The van der Waals surface area contributed by atoms with E-state index in [0.29, 0.717) is 0 Å². The summed E-state index contributed by atoms with van der Waals surface area (Å²) in [5.74, 6) is 1.58. The molecule has 1 fully saturated rings. The van der Waals surface area contributed by atoms with Crippen molar-refractivity contribution in [1.82, 2.24) is 5.32 Å². The van der Waals surface area contributed by atoms with E-state index in [4.69, 9.17) is 9.47 Å². The molecule has 0 saturated carbocycles. The summed E-state index contributed by atoms with van der Waals surface area (Å²) < 4.78 is 11.9. The second-order valence-corrected chi connectivity index (χ2v) is 4.11. The Morgan fingerprint density at radius 2 is 2.14 bits per heavy atom. The Kier molecular flexibility index (Phi) is 2.93. The fraction of sp³-hybridized carbons (Fsp3) is 0.400. The van der Waals surface area contributed by atoms with Crippen LogP contribution in [-0.4, -0.2) is 26.3 Å². The molecule has 4 heteroatoms. The van der Waals surface area contributed by atoms with E-state index in [0.717, 1.165) is 29.1 Å². The van der Waals surface area contributed by atoms with Gasteiger partial charge in [0.05, 0.1) is 7.11 Å². The van der Waals surface area contributed by atoms with Crippen LogP contribution in [0.3, 0.4) is 0 Å². The summed E-state index contributed by atoms with van der Waals surface area (Å²) >= 11 is 3.40. The number of nitrogens with one attached hydrogen (secondary N) is 1. The van der Waals surface area contributed by atoms with Gasteiger partial charge in [0, 0.05) is 17.6 Å². The highest BCUT2D eigenvalue weighted by molar-refractivity contribution is 9.10. The molecule has 3 nitrogen and oxygen atoms in total. The van der Waals surface area contributed by atoms with Gasteiger partial charge in [0.1, 0.15) is 6.10 Å². The lowest BCUT2D eigenvalue weighted by molar-refractivity contribution is 0.137. The summed E-state index contributed by atoms with van der Waals surface area (Å²) in [7, 11) is 1.65. The second-order valence-electron chi connectivity index (χ2n) is 3.19. The molecule has 0 spiro atoms. The van der Waals surface area contributed by atoms with E-state index in [-0.39, 0.29) is 6.10 Å². The Morgan fingerprint density at radius 3 is 2.71 bits per heavy atom. The number of halogens is 1. The van der Waals surface area contributed by atoms with E-state index in [1.165, 1.54) is 0 Å². The summed E-state index contributed by atoms with van der Waals surface area (Å²) in [6, 6.07) is 5.76. The SMILES string of the molecule is COc1ccc(Br)cc1OC1CNC1. The Hall–Kier alpha value is -0.740. The van der Waals surface area contributed by atoms with Crippen molar-refractivity contribution < 1.29 is 9.47 Å². The van der Waals surface area contributed by atoms with E-state index in [2.05, 4.69) is 21.2 Å². The second kappa shape index (κ2) is 4.19. The Bertz CT molecular complexity index is 326. The van der Waals surface area contributed by atoms with Crippen molar-refractivity contribution in [3.05, 3.63) is 22.7 Å². The molecule has 1 N–H and O–H groups in total. The van der Waals surface area contributed by atoms with E-state index in [9.17, 15) is 0 Å². The molecule has 0 aliphatic carbocycles. The van der Waals surface area contributed by atoms with E-state index in [1.807, 2.05) is 18.2 Å². The van der Waals surface area contributed by atoms with Crippen molar-refractivity contribution in [3.8, 4) is 11.5 Å². The molecule has 76 valence electrons. The van der Waals surface area contributed by atoms with Gasteiger partial charge in [-0.1, -0.05) is 15.9 Å². The third-order valence-corrected chi connectivity index (χ3v) is 2.66. The van der Waals surface area contributed by atoms with E-state index >= 15 is 0 Å². The number of ether oxygens (including phenoxy) is 2. The molecule has 1 aliphatic heterocycles. The molecule has 0 bridgehead atoms. The van der Waals surface area contributed by atoms with Crippen LogP contribution in [0.25, 0.3) is 0 Å². The largest absolute Gasteiger partial charge is 0.493 e. The minimum absolute atomic E-state index is 0.276. The van der Waals surface area contributed by atoms with Crippen LogP contribution in [0.15, 0.2) is 22.7 Å². The fourth-order valence-electron chi connectivity index (χ4n) is 1.27. The highest BCUT2D eigenvalue weighted by atomic mass is 79.9. The van der Waals surface area contributed by atoms with E-state index in [1.54, 1.807) is 7.11 Å². The van der Waals surface area contributed by atoms with Gasteiger partial charge in [-0.2, -0.15) is 0 Å². The Morgan fingerprint density at radius 1 is 1.36 bits per heavy atom. The van der Waals surface area contributed by atoms with Crippen LogP contribution in [0.4, 0.5) is 0 Å². The maximum Gasteiger partial charge on any atom is 0.162 e. The van der Waals surface area contributed by atoms with Crippen LogP contribution in [-0.2, 0) is 0 Å². The topological polar surface area (TPSA) is 30.5 Å². The maximum absolute atomic E-state index is 5.74. The molecule has 1 aromatic rings. The van der Waals surface area contributed by atoms with Crippen molar-refractivity contribution in [2.24, 2.45) is 0 Å². The van der Waals surface area contributed by atoms with Gasteiger partial charge in [0.2, 0.25) is 0 Å². The quantitative estimate of drug-likeness (QED) is 0.896. The highest BCUT2D eigenvalue weighted by Crippen LogP contribution is 2.31. The van der Waals surface area contributed by atoms with Gasteiger partial charge in [-0.15, -0.1) is 0 Å². The molecule has 1 aliphatic rings. The van der Waals surface area contributed by atoms with Crippen molar-refractivity contribution in [2.45, 2.75) is 6.10 Å². The van der Waals surface area contributed by atoms with Gasteiger partial charge in [-0.3, -0.25) is 0 Å². The molecule has 0 amide bonds. The molecular formula is C10H12BrNO2. The van der Waals surface area contributed by atoms with Crippen molar-refractivity contribution >= 4 is 15.9 Å². The third kappa shape index (κ3) is 2.01. The molecule has 0 aromatic heterocycles. The molecule has 0 unspecified atom stereocenters. The van der Waals surface area contributed by atoms with Gasteiger partial charge >= 0.3 is 0 Å². The molecule has 0 atom stereocenters. The molecule has 14 heavy (non-hydrogen) atoms. The summed E-state index contributed by atoms with van der Waals surface area (Å²) in [6.07, 6.45) is 0.276. The number of methoxy groups -OCH3 is 1. The highest BCUT2D eigenvalue weighted by Gasteiger charge is 2.19. The molecular weight excluding hydrogens is 246 g/mol. The van der Waals surface area contributed by atoms with Gasteiger partial charge in [0.25, 0.3) is 0 Å². The normalized spacial score (nSPS) is 16.1. The van der Waals surface area contributed by atoms with Crippen molar-refractivity contribution in [3.63, 3.8) is 0 Å². The monoisotopic (exact) mass is 257 g/mol. The third-order valence-electron chi connectivity index (χ3n) is 2.16. The first kappa shape index (κ1) is 9.80. The van der Waals surface area contributed by atoms with Crippen LogP contribution in [0, 0.1) is 0 Å². The minimum atomic E-state index is 0.276. The van der Waals surface area contributed by atoms with E-state index < -0.39 is 0 Å². The first-order valence-electron chi connectivity index (χ1n) is 4.50. The van der Waals surface area contributed by atoms with Crippen LogP contribution in [0.5, 0.6) is 11.5 Å². The lowest BCUT2D eigenvalue weighted by atomic mass is 10.2. The van der Waals surface area contributed by atoms with Crippen LogP contribution < -0.4 is 14.8 Å². The average molecular weight is 258 g/mol. The predicted molar refractivity (Wildman–Crippen MR) is 58.0 cm³/mol. The summed E-state index contributed by atoms with van der Waals surface area (Å²) in [6.45, 7) is 1.82. The lowest BCUT2D eigenvalue weighted by Crippen LogP contribution is -2.50. The summed E-state index contributed by atoms with van der Waals surface area (Å²) in [5.41, 5.74) is 0. The lowest BCUT2D eigenvalue weighted by Gasteiger charge is -2.28.